The largest absolute Gasteiger partial charge is 0.345 e. The van der Waals surface area contributed by atoms with E-state index in [1.165, 1.54) is 0 Å². The molecule has 1 heterocycles. The number of amides is 1. The van der Waals surface area contributed by atoms with E-state index in [2.05, 4.69) is 15.3 Å². The van der Waals surface area contributed by atoms with Gasteiger partial charge >= 0.3 is 0 Å². The van der Waals surface area contributed by atoms with Crippen molar-refractivity contribution in [2.24, 2.45) is 0 Å². The number of ketones is 1. The van der Waals surface area contributed by atoms with Gasteiger partial charge in [-0.25, -0.2) is 4.98 Å². The molecule has 1 amide bonds. The molecule has 0 aliphatic carbocycles. The van der Waals surface area contributed by atoms with Crippen LogP contribution in [0.2, 0.25) is 0 Å². The average Bonchev–Trinajstić information content (AvgIpc) is 3.26. The highest BCUT2D eigenvalue weighted by Crippen LogP contribution is 2.25. The van der Waals surface area contributed by atoms with Gasteiger partial charge in [-0.3, -0.25) is 9.59 Å². The second-order valence-corrected chi connectivity index (χ2v) is 7.83. The first-order valence-electron chi connectivity index (χ1n) is 10.4. The van der Waals surface area contributed by atoms with Crippen LogP contribution in [-0.2, 0) is 4.79 Å². The highest BCUT2D eigenvalue weighted by atomic mass is 16.2. The molecule has 5 nitrogen and oxygen atoms in total. The number of hydrogen-bond donors (Lipinski definition) is 2. The molecule has 4 rings (SSSR count). The fraction of sp³-hybridized carbons (Fsp3) is 0.192. The maximum atomic E-state index is 12.8. The Kier molecular flexibility index (Phi) is 5.94. The number of aromatic amines is 1. The summed E-state index contributed by atoms with van der Waals surface area (Å²) >= 11 is 0. The van der Waals surface area contributed by atoms with Gasteiger partial charge in [-0.1, -0.05) is 54.1 Å². The Bertz CT molecular complexity index is 1230. The minimum atomic E-state index is -0.308. The summed E-state index contributed by atoms with van der Waals surface area (Å²) in [5, 5.41) is 3.11. The lowest BCUT2D eigenvalue weighted by Gasteiger charge is -2.20. The zero-order chi connectivity index (χ0) is 21.8. The third-order valence-corrected chi connectivity index (χ3v) is 5.49. The molecule has 0 aliphatic rings. The van der Waals surface area contributed by atoms with Crippen molar-refractivity contribution < 1.29 is 9.59 Å². The number of hydrogen-bond acceptors (Lipinski definition) is 3. The third kappa shape index (κ3) is 4.72. The van der Waals surface area contributed by atoms with Gasteiger partial charge in [0.1, 0.15) is 0 Å². The van der Waals surface area contributed by atoms with Crippen molar-refractivity contribution in [1.29, 1.82) is 0 Å². The van der Waals surface area contributed by atoms with Crippen molar-refractivity contribution in [1.82, 2.24) is 15.3 Å². The molecule has 0 bridgehead atoms. The molecule has 0 spiro atoms. The van der Waals surface area contributed by atoms with Gasteiger partial charge < -0.3 is 10.3 Å². The summed E-state index contributed by atoms with van der Waals surface area (Å²) in [6, 6.07) is 21.3. The van der Waals surface area contributed by atoms with Crippen LogP contribution in [0.15, 0.2) is 73.1 Å². The van der Waals surface area contributed by atoms with Crippen molar-refractivity contribution in [3.63, 3.8) is 0 Å². The molecule has 1 aromatic heterocycles. The molecule has 0 radical (unpaired) electrons. The predicted octanol–water partition coefficient (Wildman–Crippen LogP) is 5.05. The van der Waals surface area contributed by atoms with Crippen molar-refractivity contribution in [3.05, 3.63) is 101 Å². The lowest BCUT2D eigenvalue weighted by molar-refractivity contribution is -0.121. The van der Waals surface area contributed by atoms with E-state index >= 15 is 0 Å². The molecular weight excluding hydrogens is 386 g/mol. The molecular formula is C26H25N3O2. The Hall–Kier alpha value is -3.73. The monoisotopic (exact) mass is 411 g/mol. The van der Waals surface area contributed by atoms with Crippen LogP contribution < -0.4 is 5.32 Å². The Labute approximate surface area is 181 Å². The first-order chi connectivity index (χ1) is 15.0. The van der Waals surface area contributed by atoms with Crippen LogP contribution in [0.4, 0.5) is 0 Å². The predicted molar refractivity (Wildman–Crippen MR) is 122 cm³/mol. The number of H-pyrrole nitrogens is 1. The van der Waals surface area contributed by atoms with Crippen LogP contribution in [-0.4, -0.2) is 21.7 Å². The van der Waals surface area contributed by atoms with Gasteiger partial charge in [0, 0.05) is 18.4 Å². The Morgan fingerprint density at radius 3 is 2.55 bits per heavy atom. The van der Waals surface area contributed by atoms with Crippen molar-refractivity contribution in [2.75, 3.05) is 0 Å². The number of nitrogens with one attached hydrogen (secondary N) is 2. The van der Waals surface area contributed by atoms with E-state index in [9.17, 15) is 9.59 Å². The number of Topliss-reactive ketones (excluding diaryl/α,β-unsaturated/α-hetero) is 1. The smallest absolute Gasteiger partial charge is 0.221 e. The quantitative estimate of drug-likeness (QED) is 0.418. The normalized spacial score (nSPS) is 11.9. The molecule has 31 heavy (non-hydrogen) atoms. The Balaban J connectivity index is 1.51. The van der Waals surface area contributed by atoms with E-state index in [4.69, 9.17) is 0 Å². The molecule has 2 N–H and O–H groups in total. The van der Waals surface area contributed by atoms with Crippen molar-refractivity contribution in [3.8, 4) is 0 Å². The van der Waals surface area contributed by atoms with Gasteiger partial charge in [-0.05, 0) is 48.7 Å². The molecule has 3 aromatic carbocycles. The summed E-state index contributed by atoms with van der Waals surface area (Å²) in [4.78, 5) is 32.9. The van der Waals surface area contributed by atoms with E-state index in [-0.39, 0.29) is 30.6 Å². The maximum absolute atomic E-state index is 12.8. The maximum Gasteiger partial charge on any atom is 0.221 e. The van der Waals surface area contributed by atoms with Crippen LogP contribution in [0, 0.1) is 13.8 Å². The summed E-state index contributed by atoms with van der Waals surface area (Å²) in [5.41, 5.74) is 6.39. The van der Waals surface area contributed by atoms with Gasteiger partial charge in [-0.15, -0.1) is 0 Å². The molecule has 0 saturated carbocycles. The number of carbonyl (C=O) groups excluding carboxylic acids is 2. The van der Waals surface area contributed by atoms with Crippen LogP contribution in [0.3, 0.4) is 0 Å². The zero-order valence-corrected chi connectivity index (χ0v) is 17.7. The van der Waals surface area contributed by atoms with E-state index in [0.717, 1.165) is 33.3 Å². The highest BCUT2D eigenvalue weighted by Gasteiger charge is 2.19. The van der Waals surface area contributed by atoms with Crippen LogP contribution >= 0.6 is 0 Å². The minimum Gasteiger partial charge on any atom is -0.345 e. The fourth-order valence-corrected chi connectivity index (χ4v) is 3.77. The molecule has 0 fully saturated rings. The van der Waals surface area contributed by atoms with E-state index in [1.54, 1.807) is 6.33 Å². The van der Waals surface area contributed by atoms with E-state index in [0.29, 0.717) is 5.56 Å². The van der Waals surface area contributed by atoms with Crippen molar-refractivity contribution in [2.45, 2.75) is 32.7 Å². The summed E-state index contributed by atoms with van der Waals surface area (Å²) in [6.45, 7) is 3.88. The van der Waals surface area contributed by atoms with Crippen molar-refractivity contribution >= 4 is 22.7 Å². The van der Waals surface area contributed by atoms with Gasteiger partial charge in [0.25, 0.3) is 0 Å². The first-order valence-corrected chi connectivity index (χ1v) is 10.4. The van der Waals surface area contributed by atoms with Gasteiger partial charge in [0.15, 0.2) is 5.78 Å². The number of carbonyl (C=O) groups is 2. The SMILES string of the molecule is Cc1ccc(C)c(C(=O)CCC(=O)NC(c2ccccc2)c2ccc3nc[nH]c3c2)c1. The molecule has 1 atom stereocenters. The van der Waals surface area contributed by atoms with E-state index < -0.39 is 0 Å². The number of imidazole rings is 1. The topological polar surface area (TPSA) is 74.8 Å². The third-order valence-electron chi connectivity index (χ3n) is 5.49. The summed E-state index contributed by atoms with van der Waals surface area (Å²) in [5.74, 6) is -0.163. The first kappa shape index (κ1) is 20.5. The molecule has 156 valence electrons. The number of nitrogens with zero attached hydrogens (tertiary/aromatic N) is 1. The molecule has 1 unspecified atom stereocenters. The molecule has 0 aliphatic heterocycles. The van der Waals surface area contributed by atoms with Crippen LogP contribution in [0.5, 0.6) is 0 Å². The highest BCUT2D eigenvalue weighted by molar-refractivity contribution is 5.99. The number of benzene rings is 3. The summed E-state index contributed by atoms with van der Waals surface area (Å²) in [6.07, 6.45) is 1.97. The Morgan fingerprint density at radius 2 is 1.74 bits per heavy atom. The number of fused-ring (bicyclic) bond motifs is 1. The molecule has 5 heteroatoms. The van der Waals surface area contributed by atoms with Gasteiger partial charge in [0.2, 0.25) is 5.91 Å². The fourth-order valence-electron chi connectivity index (χ4n) is 3.77. The zero-order valence-electron chi connectivity index (χ0n) is 17.7. The van der Waals surface area contributed by atoms with Gasteiger partial charge in [-0.2, -0.15) is 0 Å². The Morgan fingerprint density at radius 1 is 0.935 bits per heavy atom. The second-order valence-electron chi connectivity index (χ2n) is 7.83. The lowest BCUT2D eigenvalue weighted by Crippen LogP contribution is -2.29. The standard InChI is InChI=1S/C26H25N3O2/c1-17-8-9-18(2)21(14-17)24(30)12-13-25(31)29-26(19-6-4-3-5-7-19)20-10-11-22-23(15-20)28-16-27-22/h3-11,14-16,26H,12-13H2,1-2H3,(H,27,28)(H,29,31). The summed E-state index contributed by atoms with van der Waals surface area (Å²) < 4.78 is 0. The van der Waals surface area contributed by atoms with Gasteiger partial charge in [0.05, 0.1) is 23.4 Å². The molecule has 0 saturated heterocycles. The van der Waals surface area contributed by atoms with E-state index in [1.807, 2.05) is 80.6 Å². The lowest BCUT2D eigenvalue weighted by atomic mass is 9.97. The average molecular weight is 412 g/mol. The number of aryl methyl sites for hydroxylation is 2. The molecule has 4 aromatic rings. The minimum absolute atomic E-state index is 0.00788. The van der Waals surface area contributed by atoms with Crippen LogP contribution in [0.1, 0.15) is 51.5 Å². The van der Waals surface area contributed by atoms with Crippen LogP contribution in [0.25, 0.3) is 11.0 Å². The summed E-state index contributed by atoms with van der Waals surface area (Å²) in [7, 11) is 0. The number of rotatable bonds is 7. The number of aromatic nitrogens is 2. The second kappa shape index (κ2) is 8.96.